The Morgan fingerprint density at radius 2 is 1.85 bits per heavy atom. The first-order valence-corrected chi connectivity index (χ1v) is 10.9. The van der Waals surface area contributed by atoms with Gasteiger partial charge in [-0.25, -0.2) is 0 Å². The summed E-state index contributed by atoms with van der Waals surface area (Å²) in [6.07, 6.45) is -0.0870. The first-order chi connectivity index (χ1) is 15.6. The van der Waals surface area contributed by atoms with Crippen LogP contribution in [0.15, 0.2) is 50.3 Å². The number of Topliss-reactive ketones (excluding diaryl/α,β-unsaturated/α-hetero) is 2. The Bertz CT molecular complexity index is 1340. The lowest BCUT2D eigenvalue weighted by atomic mass is 9.59. The van der Waals surface area contributed by atoms with E-state index >= 15 is 0 Å². The normalized spacial score (nSPS) is 26.7. The monoisotopic (exact) mass is 515 g/mol. The first-order valence-electron chi connectivity index (χ1n) is 10.1. The molecule has 0 bridgehead atoms. The highest BCUT2D eigenvalue weighted by molar-refractivity contribution is 9.10. The molecule has 6 N–H and O–H groups in total. The number of rotatable bonds is 2. The van der Waals surface area contributed by atoms with Gasteiger partial charge in [-0.15, -0.1) is 0 Å². The van der Waals surface area contributed by atoms with E-state index in [-0.39, 0.29) is 36.1 Å². The third-order valence-electron chi connectivity index (χ3n) is 6.79. The summed E-state index contributed by atoms with van der Waals surface area (Å²) in [6, 6.07) is 6.40. The summed E-state index contributed by atoms with van der Waals surface area (Å²) in [5.74, 6) is -6.08. The number of hydrogen-bond acceptors (Lipinski definition) is 8. The van der Waals surface area contributed by atoms with Gasteiger partial charge >= 0.3 is 0 Å². The largest absolute Gasteiger partial charge is 0.508 e. The van der Waals surface area contributed by atoms with Gasteiger partial charge in [0.1, 0.15) is 28.6 Å². The fraction of sp³-hybridized carbons (Fsp3) is 0.261. The van der Waals surface area contributed by atoms with E-state index in [1.807, 2.05) is 0 Å². The van der Waals surface area contributed by atoms with E-state index in [2.05, 4.69) is 15.9 Å². The quantitative estimate of drug-likeness (QED) is 0.379. The molecule has 9 nitrogen and oxygen atoms in total. The number of aliphatic hydroxyl groups is 3. The molecule has 0 spiro atoms. The van der Waals surface area contributed by atoms with Crippen molar-refractivity contribution in [3.63, 3.8) is 0 Å². The number of furan rings is 1. The second kappa shape index (κ2) is 7.06. The predicted molar refractivity (Wildman–Crippen MR) is 117 cm³/mol. The van der Waals surface area contributed by atoms with Gasteiger partial charge in [-0.3, -0.25) is 14.4 Å². The Balaban J connectivity index is 1.71. The summed E-state index contributed by atoms with van der Waals surface area (Å²) < 4.78 is 6.12. The standard InChI is InChI=1S/C23H18BrNO8/c24-15-4-3-14(33-15)10-1-2-12(26)17-11(10)6-8-5-9-7-13(27)18(22(25)31)21(30)23(9,32)20(29)16(8)19(17)28/h1-4,8-9,26,28,30,32H,5-7H2,(H2,25,31)/t8-,9+,23+/m1/s1. The van der Waals surface area contributed by atoms with E-state index in [9.17, 15) is 34.8 Å². The number of nitrogens with two attached hydrogens (primary N) is 1. The van der Waals surface area contributed by atoms with E-state index in [0.29, 0.717) is 21.6 Å². The molecule has 1 amide bonds. The van der Waals surface area contributed by atoms with Crippen molar-refractivity contribution in [1.29, 1.82) is 0 Å². The van der Waals surface area contributed by atoms with Crippen molar-refractivity contribution in [3.8, 4) is 17.1 Å². The Kier molecular flexibility index (Phi) is 4.60. The van der Waals surface area contributed by atoms with E-state index in [0.717, 1.165) is 0 Å². The molecule has 170 valence electrons. The minimum absolute atomic E-state index is 0.0205. The molecule has 1 aromatic heterocycles. The summed E-state index contributed by atoms with van der Waals surface area (Å²) >= 11 is 3.25. The van der Waals surface area contributed by atoms with E-state index in [4.69, 9.17) is 10.2 Å². The highest BCUT2D eigenvalue weighted by Crippen LogP contribution is 2.53. The smallest absolute Gasteiger partial charge is 0.255 e. The van der Waals surface area contributed by atoms with Crippen molar-refractivity contribution >= 4 is 39.2 Å². The molecule has 3 aliphatic rings. The highest BCUT2D eigenvalue weighted by Gasteiger charge is 2.60. The number of carbonyl (C=O) groups excluding carboxylic acids is 3. The minimum Gasteiger partial charge on any atom is -0.508 e. The maximum atomic E-state index is 13.5. The summed E-state index contributed by atoms with van der Waals surface area (Å²) in [5, 5.41) is 43.4. The number of ketones is 2. The van der Waals surface area contributed by atoms with Gasteiger partial charge in [-0.1, -0.05) is 0 Å². The number of fused-ring (bicyclic) bond motifs is 3. The summed E-state index contributed by atoms with van der Waals surface area (Å²) in [7, 11) is 0. The van der Waals surface area contributed by atoms with Gasteiger partial charge in [-0.2, -0.15) is 0 Å². The van der Waals surface area contributed by atoms with Crippen LogP contribution in [0, 0.1) is 11.8 Å². The van der Waals surface area contributed by atoms with Gasteiger partial charge in [0, 0.05) is 23.5 Å². The SMILES string of the molecule is NC(=O)C1=C(O)[C@@]2(O)C(=O)C3=C(O)c4c(O)ccc(-c5ccc(Br)o5)c4C[C@H]3C[C@H]2CC1=O. The Hall–Kier alpha value is -3.37. The van der Waals surface area contributed by atoms with Crippen LogP contribution in [0.5, 0.6) is 5.75 Å². The van der Waals surface area contributed by atoms with Crippen LogP contribution in [-0.4, -0.2) is 43.5 Å². The molecule has 0 aliphatic heterocycles. The summed E-state index contributed by atoms with van der Waals surface area (Å²) in [6.45, 7) is 0. The number of aromatic hydroxyl groups is 1. The molecule has 3 aliphatic carbocycles. The average molecular weight is 516 g/mol. The summed E-state index contributed by atoms with van der Waals surface area (Å²) in [5.41, 5.74) is 2.78. The molecular weight excluding hydrogens is 498 g/mol. The lowest BCUT2D eigenvalue weighted by molar-refractivity contribution is -0.147. The lowest BCUT2D eigenvalue weighted by Crippen LogP contribution is -2.58. The van der Waals surface area contributed by atoms with E-state index in [1.54, 1.807) is 18.2 Å². The lowest BCUT2D eigenvalue weighted by Gasteiger charge is -2.46. The van der Waals surface area contributed by atoms with Gasteiger partial charge in [0.15, 0.2) is 16.1 Å². The van der Waals surface area contributed by atoms with Gasteiger partial charge in [0.05, 0.1) is 5.56 Å². The Morgan fingerprint density at radius 3 is 2.48 bits per heavy atom. The number of halogens is 1. The molecule has 3 atom stereocenters. The number of phenols is 1. The molecule has 5 rings (SSSR count). The van der Waals surface area contributed by atoms with Crippen LogP contribution in [-0.2, 0) is 20.8 Å². The number of phenolic OH excluding ortho intramolecular Hbond substituents is 1. The number of aliphatic hydroxyl groups excluding tert-OH is 2. The number of amides is 1. The van der Waals surface area contributed by atoms with E-state index in [1.165, 1.54) is 6.07 Å². The van der Waals surface area contributed by atoms with Crippen LogP contribution >= 0.6 is 15.9 Å². The minimum atomic E-state index is -2.57. The molecule has 1 heterocycles. The zero-order valence-corrected chi connectivity index (χ0v) is 18.5. The van der Waals surface area contributed by atoms with E-state index < -0.39 is 52.0 Å². The fourth-order valence-electron chi connectivity index (χ4n) is 5.31. The number of primary amides is 1. The number of carbonyl (C=O) groups is 3. The van der Waals surface area contributed by atoms with Crippen molar-refractivity contribution in [2.45, 2.75) is 24.9 Å². The van der Waals surface area contributed by atoms with Crippen LogP contribution in [0.2, 0.25) is 0 Å². The Labute approximate surface area is 194 Å². The van der Waals surface area contributed by atoms with Gasteiger partial charge in [0.25, 0.3) is 5.91 Å². The topological polar surface area (TPSA) is 171 Å². The number of benzene rings is 1. The second-order valence-electron chi connectivity index (χ2n) is 8.50. The second-order valence-corrected chi connectivity index (χ2v) is 9.28. The van der Waals surface area contributed by atoms with Crippen LogP contribution < -0.4 is 5.73 Å². The van der Waals surface area contributed by atoms with Crippen molar-refractivity contribution in [2.24, 2.45) is 17.6 Å². The Morgan fingerprint density at radius 1 is 1.12 bits per heavy atom. The van der Waals surface area contributed by atoms with Gasteiger partial charge in [-0.05, 0) is 64.5 Å². The maximum absolute atomic E-state index is 13.5. The maximum Gasteiger partial charge on any atom is 0.255 e. The fourth-order valence-corrected chi connectivity index (χ4v) is 5.62. The van der Waals surface area contributed by atoms with Crippen molar-refractivity contribution < 1.29 is 39.2 Å². The van der Waals surface area contributed by atoms with Crippen LogP contribution in [0.1, 0.15) is 24.0 Å². The molecule has 0 saturated heterocycles. The predicted octanol–water partition coefficient (Wildman–Crippen LogP) is 2.45. The molecule has 0 unspecified atom stereocenters. The molecule has 1 fully saturated rings. The third-order valence-corrected chi connectivity index (χ3v) is 7.21. The molecule has 1 saturated carbocycles. The zero-order chi connectivity index (χ0) is 23.8. The molecule has 0 radical (unpaired) electrons. The van der Waals surface area contributed by atoms with Gasteiger partial charge < -0.3 is 30.6 Å². The number of hydrogen-bond donors (Lipinski definition) is 5. The van der Waals surface area contributed by atoms with Crippen LogP contribution in [0.25, 0.3) is 17.1 Å². The zero-order valence-electron chi connectivity index (χ0n) is 17.0. The van der Waals surface area contributed by atoms with Gasteiger partial charge in [0.2, 0.25) is 5.78 Å². The van der Waals surface area contributed by atoms with Crippen molar-refractivity contribution in [2.75, 3.05) is 0 Å². The molecule has 10 heteroatoms. The average Bonchev–Trinajstić information content (AvgIpc) is 3.16. The first kappa shape index (κ1) is 21.5. The van der Waals surface area contributed by atoms with Crippen molar-refractivity contribution in [1.82, 2.24) is 0 Å². The highest BCUT2D eigenvalue weighted by atomic mass is 79.9. The third kappa shape index (κ3) is 2.83. The molecule has 1 aromatic carbocycles. The molecule has 33 heavy (non-hydrogen) atoms. The molecular formula is C23H18BrNO8. The van der Waals surface area contributed by atoms with Crippen LogP contribution in [0.3, 0.4) is 0 Å². The summed E-state index contributed by atoms with van der Waals surface area (Å²) in [4.78, 5) is 37.5. The van der Waals surface area contributed by atoms with Crippen LogP contribution in [0.4, 0.5) is 0 Å². The van der Waals surface area contributed by atoms with Crippen molar-refractivity contribution in [3.05, 3.63) is 57.0 Å². The molecule has 2 aromatic rings.